The summed E-state index contributed by atoms with van der Waals surface area (Å²) in [7, 11) is 0. The summed E-state index contributed by atoms with van der Waals surface area (Å²) in [6, 6.07) is 16.3. The smallest absolute Gasteiger partial charge is 0.335 e. The van der Waals surface area contributed by atoms with Crippen LogP contribution >= 0.6 is 23.2 Å². The minimum absolute atomic E-state index is 0.0200. The summed E-state index contributed by atoms with van der Waals surface area (Å²) in [6.45, 7) is 0.0200. The molecular formula is C25H16Cl2N2O6. The molecule has 0 spiro atoms. The van der Waals surface area contributed by atoms with Crippen molar-refractivity contribution in [2.75, 3.05) is 4.90 Å². The Bertz CT molecular complexity index is 1370. The van der Waals surface area contributed by atoms with Crippen molar-refractivity contribution in [2.45, 2.75) is 6.61 Å². The molecule has 35 heavy (non-hydrogen) atoms. The van der Waals surface area contributed by atoms with E-state index < -0.39 is 23.8 Å². The Kier molecular flexibility index (Phi) is 6.86. The van der Waals surface area contributed by atoms with E-state index in [0.717, 1.165) is 4.90 Å². The Morgan fingerprint density at radius 1 is 1.00 bits per heavy atom. The molecule has 2 N–H and O–H groups in total. The highest BCUT2D eigenvalue weighted by molar-refractivity contribution is 6.40. The lowest BCUT2D eigenvalue weighted by molar-refractivity contribution is -0.122. The Labute approximate surface area is 209 Å². The number of barbiturate groups is 1. The maximum atomic E-state index is 13.1. The molecule has 1 saturated heterocycles. The van der Waals surface area contributed by atoms with Gasteiger partial charge in [-0.2, -0.15) is 0 Å². The van der Waals surface area contributed by atoms with Crippen molar-refractivity contribution in [3.8, 4) is 5.75 Å². The molecule has 0 saturated carbocycles. The van der Waals surface area contributed by atoms with E-state index >= 15 is 0 Å². The Morgan fingerprint density at radius 2 is 1.69 bits per heavy atom. The number of benzene rings is 3. The molecule has 0 radical (unpaired) electrons. The fraction of sp³-hybridized carbons (Fsp3) is 0.0400. The first-order valence-corrected chi connectivity index (χ1v) is 10.9. The number of urea groups is 1. The minimum atomic E-state index is -1.05. The molecular weight excluding hydrogens is 495 g/mol. The number of hydrogen-bond donors (Lipinski definition) is 2. The van der Waals surface area contributed by atoms with Gasteiger partial charge in [0.25, 0.3) is 11.8 Å². The topological polar surface area (TPSA) is 113 Å². The number of carboxylic acid groups (broad SMARTS) is 1. The van der Waals surface area contributed by atoms with E-state index in [4.69, 9.17) is 33.0 Å². The molecule has 0 atom stereocenters. The molecule has 0 aliphatic carbocycles. The summed E-state index contributed by atoms with van der Waals surface area (Å²) >= 11 is 12.5. The van der Waals surface area contributed by atoms with Crippen LogP contribution in [0.4, 0.5) is 10.5 Å². The van der Waals surface area contributed by atoms with Gasteiger partial charge in [0.2, 0.25) is 0 Å². The van der Waals surface area contributed by atoms with Gasteiger partial charge in [-0.3, -0.25) is 14.9 Å². The van der Waals surface area contributed by atoms with Crippen molar-refractivity contribution in [2.24, 2.45) is 0 Å². The predicted molar refractivity (Wildman–Crippen MR) is 130 cm³/mol. The van der Waals surface area contributed by atoms with Gasteiger partial charge in [-0.25, -0.2) is 14.5 Å². The largest absolute Gasteiger partial charge is 0.487 e. The molecule has 3 aromatic rings. The van der Waals surface area contributed by atoms with Crippen molar-refractivity contribution in [3.63, 3.8) is 0 Å². The minimum Gasteiger partial charge on any atom is -0.487 e. The molecule has 0 bridgehead atoms. The molecule has 0 unspecified atom stereocenters. The Morgan fingerprint density at radius 3 is 2.34 bits per heavy atom. The summed E-state index contributed by atoms with van der Waals surface area (Å²) in [6.07, 6.45) is 1.25. The van der Waals surface area contributed by atoms with E-state index in [-0.39, 0.29) is 39.1 Å². The standard InChI is InChI=1S/C25H16Cl2N2O6/c26-17-10-16(21(20(27)12-17)35-13-14-6-8-15(9-7-14)24(32)33)11-19-22(30)28-25(34)29(23(19)31)18-4-2-1-3-5-18/h1-12H,13H2,(H,32,33)(H,28,30,34)/b19-11+. The number of carbonyl (C=O) groups excluding carboxylic acids is 3. The van der Waals surface area contributed by atoms with Crippen LogP contribution < -0.4 is 15.0 Å². The average Bonchev–Trinajstić information content (AvgIpc) is 2.82. The van der Waals surface area contributed by atoms with Gasteiger partial charge in [-0.05, 0) is 48.0 Å². The number of nitrogens with zero attached hydrogens (tertiary/aromatic N) is 1. The van der Waals surface area contributed by atoms with Crippen LogP contribution in [0.3, 0.4) is 0 Å². The molecule has 176 valence electrons. The number of nitrogens with one attached hydrogen (secondary N) is 1. The second-order valence-electron chi connectivity index (χ2n) is 7.39. The second kappa shape index (κ2) is 10.0. The summed E-state index contributed by atoms with van der Waals surface area (Å²) in [5.74, 6) is -2.60. The number of hydrogen-bond acceptors (Lipinski definition) is 5. The van der Waals surface area contributed by atoms with Crippen molar-refractivity contribution >= 4 is 58.8 Å². The van der Waals surface area contributed by atoms with Crippen molar-refractivity contribution < 1.29 is 29.0 Å². The summed E-state index contributed by atoms with van der Waals surface area (Å²) in [4.78, 5) is 49.9. The maximum absolute atomic E-state index is 13.1. The Hall–Kier alpha value is -4.14. The lowest BCUT2D eigenvalue weighted by Crippen LogP contribution is -2.54. The normalized spacial score (nSPS) is 14.7. The average molecular weight is 511 g/mol. The van der Waals surface area contributed by atoms with Gasteiger partial charge < -0.3 is 9.84 Å². The second-order valence-corrected chi connectivity index (χ2v) is 8.23. The van der Waals surface area contributed by atoms with Gasteiger partial charge in [0, 0.05) is 10.6 Å². The fourth-order valence-electron chi connectivity index (χ4n) is 3.36. The first-order chi connectivity index (χ1) is 16.7. The number of carboxylic acids is 1. The van der Waals surface area contributed by atoms with Crippen molar-refractivity contribution in [1.82, 2.24) is 5.32 Å². The van der Waals surface area contributed by atoms with Gasteiger partial charge >= 0.3 is 12.0 Å². The molecule has 3 aromatic carbocycles. The van der Waals surface area contributed by atoms with E-state index in [1.54, 1.807) is 42.5 Å². The van der Waals surface area contributed by atoms with Crippen LogP contribution in [0.2, 0.25) is 10.0 Å². The van der Waals surface area contributed by atoms with Gasteiger partial charge in [0.05, 0.1) is 16.3 Å². The predicted octanol–water partition coefficient (Wildman–Crippen LogP) is 4.94. The van der Waals surface area contributed by atoms with Crippen LogP contribution in [0.25, 0.3) is 6.08 Å². The monoisotopic (exact) mass is 510 g/mol. The van der Waals surface area contributed by atoms with E-state index in [1.807, 2.05) is 0 Å². The molecule has 1 aliphatic rings. The van der Waals surface area contributed by atoms with Crippen LogP contribution in [-0.4, -0.2) is 28.9 Å². The molecule has 10 heteroatoms. The third-order valence-corrected chi connectivity index (χ3v) is 5.54. The molecule has 4 amide bonds. The van der Waals surface area contributed by atoms with Crippen LogP contribution in [0.1, 0.15) is 21.5 Å². The zero-order valence-corrected chi connectivity index (χ0v) is 19.3. The number of rotatable bonds is 6. The van der Waals surface area contributed by atoms with Gasteiger partial charge in [0.1, 0.15) is 17.9 Å². The van der Waals surface area contributed by atoms with Crippen LogP contribution in [0.15, 0.2) is 72.3 Å². The maximum Gasteiger partial charge on any atom is 0.335 e. The van der Waals surface area contributed by atoms with Crippen molar-refractivity contribution in [3.05, 3.63) is 99.0 Å². The van der Waals surface area contributed by atoms with E-state index in [2.05, 4.69) is 5.32 Å². The molecule has 1 heterocycles. The summed E-state index contributed by atoms with van der Waals surface area (Å²) in [5, 5.41) is 11.6. The number of carbonyl (C=O) groups is 4. The summed E-state index contributed by atoms with van der Waals surface area (Å²) < 4.78 is 5.85. The Balaban J connectivity index is 1.67. The fourth-order valence-corrected chi connectivity index (χ4v) is 3.93. The first kappa shape index (κ1) is 24.0. The lowest BCUT2D eigenvalue weighted by atomic mass is 10.1. The number of anilines is 1. The number of aromatic carboxylic acids is 1. The number of amides is 4. The molecule has 4 rings (SSSR count). The molecule has 1 aliphatic heterocycles. The summed E-state index contributed by atoms with van der Waals surface area (Å²) in [5.41, 5.74) is 1.00. The van der Waals surface area contributed by atoms with Crippen LogP contribution in [-0.2, 0) is 16.2 Å². The highest BCUT2D eigenvalue weighted by atomic mass is 35.5. The third kappa shape index (κ3) is 5.18. The van der Waals surface area contributed by atoms with Gasteiger partial charge in [-0.1, -0.05) is 53.5 Å². The SMILES string of the molecule is O=C1NC(=O)N(c2ccccc2)C(=O)/C1=C/c1cc(Cl)cc(Cl)c1OCc1ccc(C(=O)O)cc1. The highest BCUT2D eigenvalue weighted by Crippen LogP contribution is 2.35. The van der Waals surface area contributed by atoms with Gasteiger partial charge in [0.15, 0.2) is 0 Å². The number of imide groups is 2. The highest BCUT2D eigenvalue weighted by Gasteiger charge is 2.37. The van der Waals surface area contributed by atoms with Crippen molar-refractivity contribution in [1.29, 1.82) is 0 Å². The zero-order valence-electron chi connectivity index (χ0n) is 17.8. The number of para-hydroxylation sites is 1. The quantitative estimate of drug-likeness (QED) is 0.358. The van der Waals surface area contributed by atoms with Crippen LogP contribution in [0.5, 0.6) is 5.75 Å². The van der Waals surface area contributed by atoms with Gasteiger partial charge in [-0.15, -0.1) is 0 Å². The zero-order chi connectivity index (χ0) is 25.1. The van der Waals surface area contributed by atoms with E-state index in [1.165, 1.54) is 30.3 Å². The first-order valence-electron chi connectivity index (χ1n) is 10.1. The molecule has 8 nitrogen and oxygen atoms in total. The molecule has 0 aromatic heterocycles. The van der Waals surface area contributed by atoms with Crippen LogP contribution in [0, 0.1) is 0 Å². The lowest BCUT2D eigenvalue weighted by Gasteiger charge is -2.26. The molecule has 1 fully saturated rings. The number of halogens is 2. The number of ether oxygens (including phenoxy) is 1. The third-order valence-electron chi connectivity index (χ3n) is 5.04. The van der Waals surface area contributed by atoms with E-state index in [9.17, 15) is 19.2 Å². The van der Waals surface area contributed by atoms with E-state index in [0.29, 0.717) is 11.3 Å².